The van der Waals surface area contributed by atoms with Gasteiger partial charge in [-0.2, -0.15) is 0 Å². The Balaban J connectivity index is 3.01. The summed E-state index contributed by atoms with van der Waals surface area (Å²) < 4.78 is 27.8. The summed E-state index contributed by atoms with van der Waals surface area (Å²) in [5.74, 6) is -0.533. The molecule has 19 heavy (non-hydrogen) atoms. The second-order valence-corrected chi connectivity index (χ2v) is 6.15. The Labute approximate surface area is 113 Å². The lowest BCUT2D eigenvalue weighted by Gasteiger charge is -2.13. The molecule has 1 aromatic rings. The largest absolute Gasteiger partial charge is 0.459 e. The van der Waals surface area contributed by atoms with Gasteiger partial charge in [-0.25, -0.2) is 18.4 Å². The van der Waals surface area contributed by atoms with Crippen LogP contribution in [-0.4, -0.2) is 20.5 Å². The molecular formula is C13H19NO4S. The normalized spacial score (nSPS) is 13.1. The quantitative estimate of drug-likeness (QED) is 0.838. The third-order valence-corrected chi connectivity index (χ3v) is 3.51. The number of hydrogen-bond acceptors (Lipinski definition) is 4. The van der Waals surface area contributed by atoms with Crippen molar-refractivity contribution in [1.29, 1.82) is 0 Å². The van der Waals surface area contributed by atoms with Crippen molar-refractivity contribution in [2.75, 3.05) is 0 Å². The number of nitrogens with two attached hydrogens (primary N) is 1. The van der Waals surface area contributed by atoms with Crippen LogP contribution in [0.3, 0.4) is 0 Å². The first-order chi connectivity index (χ1) is 8.74. The number of carbonyl (C=O) groups is 1. The third-order valence-electron chi connectivity index (χ3n) is 2.62. The van der Waals surface area contributed by atoms with Crippen LogP contribution in [0.5, 0.6) is 0 Å². The van der Waals surface area contributed by atoms with E-state index in [0.29, 0.717) is 5.56 Å². The van der Waals surface area contributed by atoms with Gasteiger partial charge in [0.1, 0.15) is 0 Å². The number of carbonyl (C=O) groups excluding carboxylic acids is 1. The zero-order valence-electron chi connectivity index (χ0n) is 11.3. The number of ether oxygens (including phenoxy) is 1. The van der Waals surface area contributed by atoms with E-state index in [9.17, 15) is 13.2 Å². The second kappa shape index (κ2) is 6.16. The molecule has 1 unspecified atom stereocenters. The van der Waals surface area contributed by atoms with E-state index in [1.54, 1.807) is 19.9 Å². The molecule has 0 bridgehead atoms. The molecule has 0 saturated heterocycles. The summed E-state index contributed by atoms with van der Waals surface area (Å²) in [4.78, 5) is 11.8. The third kappa shape index (κ3) is 4.65. The number of benzene rings is 1. The fraction of sp³-hybridized carbons (Fsp3) is 0.462. The standard InChI is InChI=1S/C13H19NO4S/c1-4-5-10(3)18-13(15)11-6-9(2)7-12(8-11)19(14,16)17/h6-8,10H,4-5H2,1-3H3,(H2,14,16,17). The van der Waals surface area contributed by atoms with Gasteiger partial charge < -0.3 is 4.74 Å². The molecule has 0 aliphatic carbocycles. The number of aryl methyl sites for hydroxylation is 1. The highest BCUT2D eigenvalue weighted by molar-refractivity contribution is 7.89. The van der Waals surface area contributed by atoms with Gasteiger partial charge in [0.05, 0.1) is 16.6 Å². The molecule has 106 valence electrons. The summed E-state index contributed by atoms with van der Waals surface area (Å²) >= 11 is 0. The molecule has 0 spiro atoms. The molecule has 0 heterocycles. The second-order valence-electron chi connectivity index (χ2n) is 4.58. The first-order valence-corrected chi connectivity index (χ1v) is 7.64. The van der Waals surface area contributed by atoms with Gasteiger partial charge >= 0.3 is 5.97 Å². The molecule has 0 fully saturated rings. The SMILES string of the molecule is CCCC(C)OC(=O)c1cc(C)cc(S(N)(=O)=O)c1. The van der Waals surface area contributed by atoms with E-state index in [2.05, 4.69) is 0 Å². The van der Waals surface area contributed by atoms with Gasteiger partial charge in [0.2, 0.25) is 10.0 Å². The first-order valence-electron chi connectivity index (χ1n) is 6.09. The average molecular weight is 285 g/mol. The van der Waals surface area contributed by atoms with Crippen LogP contribution in [0.15, 0.2) is 23.1 Å². The van der Waals surface area contributed by atoms with E-state index in [-0.39, 0.29) is 16.6 Å². The van der Waals surface area contributed by atoms with Crippen LogP contribution in [0.25, 0.3) is 0 Å². The van der Waals surface area contributed by atoms with Gasteiger partial charge in [-0.1, -0.05) is 13.3 Å². The lowest BCUT2D eigenvalue weighted by atomic mass is 10.1. The van der Waals surface area contributed by atoms with Crippen molar-refractivity contribution in [3.8, 4) is 0 Å². The van der Waals surface area contributed by atoms with Crippen LogP contribution in [-0.2, 0) is 14.8 Å². The molecular weight excluding hydrogens is 266 g/mol. The Kier molecular flexibility index (Phi) is 5.08. The summed E-state index contributed by atoms with van der Waals surface area (Å²) in [6.45, 7) is 5.49. The van der Waals surface area contributed by atoms with Gasteiger partial charge in [0, 0.05) is 0 Å². The molecule has 1 atom stereocenters. The van der Waals surface area contributed by atoms with E-state index in [4.69, 9.17) is 9.88 Å². The summed E-state index contributed by atoms with van der Waals surface area (Å²) in [5, 5.41) is 5.06. The molecule has 0 amide bonds. The number of esters is 1. The monoisotopic (exact) mass is 285 g/mol. The van der Waals surface area contributed by atoms with Crippen molar-refractivity contribution in [2.45, 2.75) is 44.6 Å². The minimum absolute atomic E-state index is 0.0809. The number of sulfonamides is 1. The lowest BCUT2D eigenvalue weighted by molar-refractivity contribution is 0.0323. The predicted molar refractivity (Wildman–Crippen MR) is 72.3 cm³/mol. The zero-order chi connectivity index (χ0) is 14.6. The summed E-state index contributed by atoms with van der Waals surface area (Å²) in [6, 6.07) is 4.24. The molecule has 0 aliphatic rings. The fourth-order valence-corrected chi connectivity index (χ4v) is 2.39. The van der Waals surface area contributed by atoms with E-state index in [1.165, 1.54) is 12.1 Å². The smallest absolute Gasteiger partial charge is 0.338 e. The van der Waals surface area contributed by atoms with E-state index < -0.39 is 16.0 Å². The van der Waals surface area contributed by atoms with Gasteiger partial charge in [0.15, 0.2) is 0 Å². The molecule has 0 aliphatic heterocycles. The fourth-order valence-electron chi connectivity index (χ4n) is 1.75. The van der Waals surface area contributed by atoms with Crippen molar-refractivity contribution in [2.24, 2.45) is 5.14 Å². The van der Waals surface area contributed by atoms with Crippen LogP contribution in [0.4, 0.5) is 0 Å². The Morgan fingerprint density at radius 3 is 2.53 bits per heavy atom. The summed E-state index contributed by atoms with van der Waals surface area (Å²) in [6.07, 6.45) is 1.47. The molecule has 5 nitrogen and oxygen atoms in total. The average Bonchev–Trinajstić information content (AvgIpc) is 2.27. The number of hydrogen-bond donors (Lipinski definition) is 1. The van der Waals surface area contributed by atoms with Crippen molar-refractivity contribution in [3.63, 3.8) is 0 Å². The molecule has 0 radical (unpaired) electrons. The lowest BCUT2D eigenvalue weighted by Crippen LogP contribution is -2.17. The van der Waals surface area contributed by atoms with E-state index >= 15 is 0 Å². The Bertz CT molecular complexity index is 566. The molecule has 1 aromatic carbocycles. The number of rotatable bonds is 5. The van der Waals surface area contributed by atoms with Crippen molar-refractivity contribution in [3.05, 3.63) is 29.3 Å². The van der Waals surface area contributed by atoms with Crippen LogP contribution in [0.1, 0.15) is 42.6 Å². The molecule has 2 N–H and O–H groups in total. The number of primary sulfonamides is 1. The Morgan fingerprint density at radius 1 is 1.37 bits per heavy atom. The van der Waals surface area contributed by atoms with Crippen LogP contribution >= 0.6 is 0 Å². The highest BCUT2D eigenvalue weighted by Gasteiger charge is 2.16. The summed E-state index contributed by atoms with van der Waals surface area (Å²) in [5.41, 5.74) is 0.841. The van der Waals surface area contributed by atoms with Gasteiger partial charge in [-0.05, 0) is 44.0 Å². The molecule has 0 aromatic heterocycles. The summed E-state index contributed by atoms with van der Waals surface area (Å²) in [7, 11) is -3.83. The van der Waals surface area contributed by atoms with Crippen LogP contribution in [0.2, 0.25) is 0 Å². The maximum Gasteiger partial charge on any atom is 0.338 e. The highest BCUT2D eigenvalue weighted by Crippen LogP contribution is 2.15. The minimum Gasteiger partial charge on any atom is -0.459 e. The topological polar surface area (TPSA) is 86.5 Å². The highest BCUT2D eigenvalue weighted by atomic mass is 32.2. The van der Waals surface area contributed by atoms with Gasteiger partial charge in [-0.3, -0.25) is 0 Å². The zero-order valence-corrected chi connectivity index (χ0v) is 12.2. The minimum atomic E-state index is -3.83. The van der Waals surface area contributed by atoms with E-state index in [1.807, 2.05) is 6.92 Å². The Morgan fingerprint density at radius 2 is 2.00 bits per heavy atom. The predicted octanol–water partition coefficient (Wildman–Crippen LogP) is 1.99. The molecule has 0 saturated carbocycles. The molecule has 1 rings (SSSR count). The first kappa shape index (κ1) is 15.7. The van der Waals surface area contributed by atoms with Gasteiger partial charge in [-0.15, -0.1) is 0 Å². The van der Waals surface area contributed by atoms with Crippen LogP contribution in [0, 0.1) is 6.92 Å². The molecule has 6 heteroatoms. The van der Waals surface area contributed by atoms with Gasteiger partial charge in [0.25, 0.3) is 0 Å². The Hall–Kier alpha value is -1.40. The van der Waals surface area contributed by atoms with E-state index in [0.717, 1.165) is 12.8 Å². The maximum absolute atomic E-state index is 11.9. The van der Waals surface area contributed by atoms with Crippen molar-refractivity contribution < 1.29 is 17.9 Å². The van der Waals surface area contributed by atoms with Crippen molar-refractivity contribution in [1.82, 2.24) is 0 Å². The van der Waals surface area contributed by atoms with Crippen LogP contribution < -0.4 is 5.14 Å². The van der Waals surface area contributed by atoms with Crippen molar-refractivity contribution >= 4 is 16.0 Å². The maximum atomic E-state index is 11.9.